The minimum Gasteiger partial charge on any atom is -0.155 e. The van der Waals surface area contributed by atoms with Crippen LogP contribution in [0.25, 0.3) is 0 Å². The third-order valence-corrected chi connectivity index (χ3v) is 3.52. The molecular formula is C16H34NO. The summed E-state index contributed by atoms with van der Waals surface area (Å²) in [5.41, 5.74) is 0. The normalized spacial score (nSPS) is 11.3. The van der Waals surface area contributed by atoms with Gasteiger partial charge in [0.2, 0.25) is 0 Å². The predicted molar refractivity (Wildman–Crippen MR) is 79.0 cm³/mol. The van der Waals surface area contributed by atoms with E-state index in [1.165, 1.54) is 69.3 Å². The summed E-state index contributed by atoms with van der Waals surface area (Å²) >= 11 is 0. The van der Waals surface area contributed by atoms with E-state index in [1.807, 2.05) is 0 Å². The number of hydrogen-bond acceptors (Lipinski definition) is 1. The van der Waals surface area contributed by atoms with Crippen LogP contribution in [0.5, 0.6) is 0 Å². The number of rotatable bonds is 14. The standard InChI is InChI=1S/C16H34NO/c1-3-5-7-9-11-13-15-17(18)16-14-12-10-8-6-4-2/h3-16H2,1-2H3. The molecule has 0 amide bonds. The summed E-state index contributed by atoms with van der Waals surface area (Å²) in [5, 5.41) is 12.8. The van der Waals surface area contributed by atoms with Gasteiger partial charge in [-0.3, -0.25) is 0 Å². The maximum Gasteiger partial charge on any atom is 0.0271 e. The molecule has 0 saturated carbocycles. The van der Waals surface area contributed by atoms with Gasteiger partial charge in [-0.2, -0.15) is 5.06 Å². The Labute approximate surface area is 115 Å². The average Bonchev–Trinajstić information content (AvgIpc) is 2.38. The molecule has 2 nitrogen and oxygen atoms in total. The van der Waals surface area contributed by atoms with Gasteiger partial charge in [0.25, 0.3) is 0 Å². The molecule has 0 saturated heterocycles. The molecule has 0 heterocycles. The van der Waals surface area contributed by atoms with Crippen molar-refractivity contribution in [3.05, 3.63) is 0 Å². The van der Waals surface area contributed by atoms with Crippen LogP contribution in [0.1, 0.15) is 90.9 Å². The molecule has 0 aromatic rings. The Morgan fingerprint density at radius 1 is 0.556 bits per heavy atom. The summed E-state index contributed by atoms with van der Waals surface area (Å²) in [7, 11) is 0. The van der Waals surface area contributed by atoms with E-state index in [2.05, 4.69) is 13.8 Å². The van der Waals surface area contributed by atoms with E-state index in [0.29, 0.717) is 0 Å². The van der Waals surface area contributed by atoms with Gasteiger partial charge >= 0.3 is 0 Å². The number of unbranched alkanes of at least 4 members (excludes halogenated alkanes) is 10. The maximum atomic E-state index is 11.5. The molecule has 0 spiro atoms. The Balaban J connectivity index is 3.10. The highest BCUT2D eigenvalue weighted by molar-refractivity contribution is 4.50. The number of nitrogens with zero attached hydrogens (tertiary/aromatic N) is 1. The van der Waals surface area contributed by atoms with Crippen LogP contribution in [0.2, 0.25) is 0 Å². The van der Waals surface area contributed by atoms with E-state index >= 15 is 0 Å². The fourth-order valence-electron chi connectivity index (χ4n) is 2.25. The van der Waals surface area contributed by atoms with Crippen molar-refractivity contribution in [3.63, 3.8) is 0 Å². The molecule has 0 aliphatic carbocycles. The zero-order chi connectivity index (χ0) is 13.5. The van der Waals surface area contributed by atoms with Crippen molar-refractivity contribution in [1.29, 1.82) is 0 Å². The first kappa shape index (κ1) is 17.9. The zero-order valence-corrected chi connectivity index (χ0v) is 12.8. The van der Waals surface area contributed by atoms with Crippen LogP contribution in [0.15, 0.2) is 0 Å². The van der Waals surface area contributed by atoms with Crippen LogP contribution in [-0.4, -0.2) is 18.2 Å². The molecule has 109 valence electrons. The third-order valence-electron chi connectivity index (χ3n) is 3.52. The minimum absolute atomic E-state index is 0.751. The van der Waals surface area contributed by atoms with Crippen molar-refractivity contribution >= 4 is 0 Å². The Morgan fingerprint density at radius 3 is 1.28 bits per heavy atom. The smallest absolute Gasteiger partial charge is 0.0271 e. The highest BCUT2D eigenvalue weighted by atomic mass is 16.5. The van der Waals surface area contributed by atoms with E-state index in [4.69, 9.17) is 0 Å². The summed E-state index contributed by atoms with van der Waals surface area (Å²) in [6, 6.07) is 0. The van der Waals surface area contributed by atoms with Crippen molar-refractivity contribution in [3.8, 4) is 0 Å². The Kier molecular flexibility index (Phi) is 14.9. The van der Waals surface area contributed by atoms with Crippen molar-refractivity contribution in [1.82, 2.24) is 5.06 Å². The van der Waals surface area contributed by atoms with Gasteiger partial charge in [0.1, 0.15) is 0 Å². The van der Waals surface area contributed by atoms with Crippen molar-refractivity contribution in [2.24, 2.45) is 0 Å². The van der Waals surface area contributed by atoms with Gasteiger partial charge in [-0.05, 0) is 12.8 Å². The fourth-order valence-corrected chi connectivity index (χ4v) is 2.25. The van der Waals surface area contributed by atoms with Gasteiger partial charge in [0.05, 0.1) is 0 Å². The first-order chi connectivity index (χ1) is 8.81. The molecule has 2 heteroatoms. The lowest BCUT2D eigenvalue weighted by Crippen LogP contribution is -2.20. The highest BCUT2D eigenvalue weighted by Crippen LogP contribution is 2.07. The minimum atomic E-state index is 0.751. The van der Waals surface area contributed by atoms with Gasteiger partial charge in [-0.15, -0.1) is 5.21 Å². The molecule has 0 aliphatic rings. The van der Waals surface area contributed by atoms with Crippen molar-refractivity contribution in [2.75, 3.05) is 13.1 Å². The van der Waals surface area contributed by atoms with E-state index in [9.17, 15) is 5.21 Å². The quantitative estimate of drug-likeness (QED) is 0.303. The van der Waals surface area contributed by atoms with Crippen LogP contribution in [0.4, 0.5) is 0 Å². The van der Waals surface area contributed by atoms with Crippen LogP contribution in [-0.2, 0) is 5.21 Å². The molecule has 0 aliphatic heterocycles. The van der Waals surface area contributed by atoms with Crippen LogP contribution in [0.3, 0.4) is 0 Å². The molecule has 0 rings (SSSR count). The van der Waals surface area contributed by atoms with Gasteiger partial charge < -0.3 is 0 Å². The molecule has 0 unspecified atom stereocenters. The Bertz CT molecular complexity index is 134. The molecule has 0 fully saturated rings. The fraction of sp³-hybridized carbons (Fsp3) is 1.00. The number of hydroxylamine groups is 2. The predicted octanol–water partition coefficient (Wildman–Crippen LogP) is 5.35. The molecular weight excluding hydrogens is 222 g/mol. The molecule has 0 bridgehead atoms. The molecule has 0 atom stereocenters. The van der Waals surface area contributed by atoms with E-state index in [1.54, 1.807) is 0 Å². The summed E-state index contributed by atoms with van der Waals surface area (Å²) < 4.78 is 0. The van der Waals surface area contributed by atoms with E-state index in [-0.39, 0.29) is 0 Å². The highest BCUT2D eigenvalue weighted by Gasteiger charge is 2.01. The summed E-state index contributed by atoms with van der Waals surface area (Å²) in [5.74, 6) is 0. The van der Waals surface area contributed by atoms with Gasteiger partial charge in [0, 0.05) is 13.1 Å². The SMILES string of the molecule is CCCCCCCCN([O])CCCCCCCC. The third kappa shape index (κ3) is 14.0. The summed E-state index contributed by atoms with van der Waals surface area (Å²) in [6.07, 6.45) is 15.2. The van der Waals surface area contributed by atoms with E-state index in [0.717, 1.165) is 25.9 Å². The van der Waals surface area contributed by atoms with Crippen molar-refractivity contribution in [2.45, 2.75) is 90.9 Å². The lowest BCUT2D eigenvalue weighted by Gasteiger charge is -2.11. The second-order valence-electron chi connectivity index (χ2n) is 5.46. The molecule has 18 heavy (non-hydrogen) atoms. The maximum absolute atomic E-state index is 11.5. The van der Waals surface area contributed by atoms with E-state index < -0.39 is 0 Å². The first-order valence-electron chi connectivity index (χ1n) is 8.23. The summed E-state index contributed by atoms with van der Waals surface area (Å²) in [4.78, 5) is 0. The van der Waals surface area contributed by atoms with Crippen molar-refractivity contribution < 1.29 is 5.21 Å². The summed E-state index contributed by atoms with van der Waals surface area (Å²) in [6.45, 7) is 5.97. The second-order valence-corrected chi connectivity index (χ2v) is 5.46. The zero-order valence-electron chi connectivity index (χ0n) is 12.8. The average molecular weight is 256 g/mol. The second kappa shape index (κ2) is 15.0. The molecule has 1 radical (unpaired) electrons. The van der Waals surface area contributed by atoms with Crippen LogP contribution in [0, 0.1) is 0 Å². The topological polar surface area (TPSA) is 23.1 Å². The van der Waals surface area contributed by atoms with Crippen LogP contribution >= 0.6 is 0 Å². The molecule has 0 aromatic carbocycles. The van der Waals surface area contributed by atoms with Gasteiger partial charge in [-0.1, -0.05) is 78.1 Å². The lowest BCUT2D eigenvalue weighted by atomic mass is 10.1. The largest absolute Gasteiger partial charge is 0.155 e. The Morgan fingerprint density at radius 2 is 0.889 bits per heavy atom. The molecule has 0 aromatic heterocycles. The van der Waals surface area contributed by atoms with Crippen LogP contribution < -0.4 is 0 Å². The number of hydrogen-bond donors (Lipinski definition) is 0. The monoisotopic (exact) mass is 256 g/mol. The first-order valence-corrected chi connectivity index (χ1v) is 8.23. The lowest BCUT2D eigenvalue weighted by molar-refractivity contribution is -0.158. The molecule has 0 N–H and O–H groups in total. The van der Waals surface area contributed by atoms with Gasteiger partial charge in [0.15, 0.2) is 0 Å². The Hall–Kier alpha value is -0.0800. The van der Waals surface area contributed by atoms with Gasteiger partial charge in [-0.25, -0.2) is 0 Å².